The lowest BCUT2D eigenvalue weighted by atomic mass is 10.0. The van der Waals surface area contributed by atoms with Gasteiger partial charge < -0.3 is 5.11 Å². The molecule has 6 heteroatoms. The van der Waals surface area contributed by atoms with Crippen LogP contribution in [0.5, 0.6) is 0 Å². The van der Waals surface area contributed by atoms with Crippen LogP contribution in [0.15, 0.2) is 59.5 Å². The summed E-state index contributed by atoms with van der Waals surface area (Å²) in [5.74, 6) is -0.542. The summed E-state index contributed by atoms with van der Waals surface area (Å²) >= 11 is 5.80. The minimum Gasteiger partial charge on any atom is -0.395 e. The molecule has 1 N–H and O–H groups in total. The smallest absolute Gasteiger partial charge is 0.183 e. The number of hydrogen-bond acceptors (Lipinski definition) is 4. The molecule has 0 heterocycles. The normalized spacial score (nSPS) is 26.5. The monoisotopic (exact) mass is 347 g/mol. The average molecular weight is 348 g/mol. The summed E-state index contributed by atoms with van der Waals surface area (Å²) < 4.78 is 25.8. The number of aliphatic hydroxyl groups is 1. The van der Waals surface area contributed by atoms with E-state index in [9.17, 15) is 18.8 Å². The maximum atomic E-state index is 12.9. The first-order valence-electron chi connectivity index (χ1n) is 7.04. The number of rotatable bonds is 4. The van der Waals surface area contributed by atoms with Crippen molar-refractivity contribution in [2.24, 2.45) is 5.41 Å². The second kappa shape index (κ2) is 5.64. The fraction of sp³-hybridized carbons (Fsp3) is 0.235. The SMILES string of the molecule is N#C[C@]1(CO)[C@H](c2ccccc2)[C@@H]1S(=O)(=O)c1ccc(Cl)cc1. The van der Waals surface area contributed by atoms with Crippen LogP contribution in [0.1, 0.15) is 11.5 Å². The lowest BCUT2D eigenvalue weighted by Gasteiger charge is -2.06. The molecule has 0 bridgehead atoms. The molecule has 0 radical (unpaired) electrons. The van der Waals surface area contributed by atoms with Crippen molar-refractivity contribution < 1.29 is 13.5 Å². The summed E-state index contributed by atoms with van der Waals surface area (Å²) in [6.45, 7) is -0.499. The Morgan fingerprint density at radius 2 is 1.74 bits per heavy atom. The molecule has 23 heavy (non-hydrogen) atoms. The molecule has 0 saturated heterocycles. The predicted molar refractivity (Wildman–Crippen MR) is 86.7 cm³/mol. The summed E-state index contributed by atoms with van der Waals surface area (Å²) in [5, 5.41) is 18.7. The van der Waals surface area contributed by atoms with E-state index in [1.54, 1.807) is 24.3 Å². The van der Waals surface area contributed by atoms with Crippen LogP contribution in [0.25, 0.3) is 0 Å². The third-order valence-electron chi connectivity index (χ3n) is 4.36. The van der Waals surface area contributed by atoms with Gasteiger partial charge in [0.2, 0.25) is 0 Å². The highest BCUT2D eigenvalue weighted by molar-refractivity contribution is 7.92. The summed E-state index contributed by atoms with van der Waals surface area (Å²) in [5.41, 5.74) is -0.564. The molecule has 3 rings (SSSR count). The van der Waals surface area contributed by atoms with Gasteiger partial charge in [-0.15, -0.1) is 0 Å². The fourth-order valence-electron chi connectivity index (χ4n) is 3.12. The molecule has 0 spiro atoms. The minimum atomic E-state index is -3.75. The molecule has 0 aromatic heterocycles. The summed E-state index contributed by atoms with van der Waals surface area (Å²) in [4.78, 5) is 0.110. The first-order chi connectivity index (χ1) is 11.0. The van der Waals surface area contributed by atoms with Gasteiger partial charge in [0.05, 0.1) is 22.8 Å². The largest absolute Gasteiger partial charge is 0.395 e. The summed E-state index contributed by atoms with van der Waals surface area (Å²) in [7, 11) is -3.75. The number of hydrogen-bond donors (Lipinski definition) is 1. The van der Waals surface area contributed by atoms with Gasteiger partial charge in [-0.1, -0.05) is 41.9 Å². The Labute approximate surface area is 139 Å². The number of halogens is 1. The second-order valence-corrected chi connectivity index (χ2v) is 8.12. The zero-order chi connectivity index (χ0) is 16.7. The zero-order valence-corrected chi connectivity index (χ0v) is 13.6. The molecule has 1 aliphatic rings. The van der Waals surface area contributed by atoms with Crippen LogP contribution in [0.4, 0.5) is 0 Å². The Morgan fingerprint density at radius 3 is 2.26 bits per heavy atom. The fourth-order valence-corrected chi connectivity index (χ4v) is 5.56. The van der Waals surface area contributed by atoms with E-state index in [1.807, 2.05) is 12.1 Å². The molecule has 0 unspecified atom stereocenters. The lowest BCUT2D eigenvalue weighted by Crippen LogP contribution is -2.18. The van der Waals surface area contributed by atoms with Crippen molar-refractivity contribution in [1.82, 2.24) is 0 Å². The topological polar surface area (TPSA) is 78.2 Å². The van der Waals surface area contributed by atoms with Gasteiger partial charge in [-0.3, -0.25) is 0 Å². The van der Waals surface area contributed by atoms with E-state index < -0.39 is 33.0 Å². The van der Waals surface area contributed by atoms with E-state index in [1.165, 1.54) is 24.3 Å². The first-order valence-corrected chi connectivity index (χ1v) is 8.96. The van der Waals surface area contributed by atoms with Crippen molar-refractivity contribution in [2.75, 3.05) is 6.61 Å². The van der Waals surface area contributed by atoms with Gasteiger partial charge in [-0.25, -0.2) is 8.42 Å². The maximum absolute atomic E-state index is 12.9. The molecule has 1 fully saturated rings. The second-order valence-electron chi connectivity index (χ2n) is 5.62. The van der Waals surface area contributed by atoms with E-state index in [0.717, 1.165) is 5.56 Å². The maximum Gasteiger partial charge on any atom is 0.183 e. The van der Waals surface area contributed by atoms with Gasteiger partial charge in [0, 0.05) is 10.9 Å². The number of benzene rings is 2. The van der Waals surface area contributed by atoms with E-state index in [-0.39, 0.29) is 4.90 Å². The summed E-state index contributed by atoms with van der Waals surface area (Å²) in [6, 6.07) is 16.9. The third kappa shape index (κ3) is 2.43. The molecule has 3 atom stereocenters. The molecule has 0 aliphatic heterocycles. The molecule has 2 aromatic rings. The van der Waals surface area contributed by atoms with Crippen molar-refractivity contribution in [3.63, 3.8) is 0 Å². The molecule has 118 valence electrons. The number of sulfone groups is 1. The van der Waals surface area contributed by atoms with Gasteiger partial charge >= 0.3 is 0 Å². The molecule has 4 nitrogen and oxygen atoms in total. The molecule has 0 amide bonds. The minimum absolute atomic E-state index is 0.110. The molecule has 2 aromatic carbocycles. The molecule has 1 aliphatic carbocycles. The average Bonchev–Trinajstić information content (AvgIpc) is 3.27. The Morgan fingerprint density at radius 1 is 1.13 bits per heavy atom. The highest BCUT2D eigenvalue weighted by Gasteiger charge is 2.72. The van der Waals surface area contributed by atoms with E-state index >= 15 is 0 Å². The Kier molecular flexibility index (Phi) is 3.93. The highest BCUT2D eigenvalue weighted by Crippen LogP contribution is 2.63. The molecular formula is C17H14ClNO3S. The van der Waals surface area contributed by atoms with Crippen molar-refractivity contribution in [3.05, 3.63) is 65.2 Å². The van der Waals surface area contributed by atoms with Crippen LogP contribution in [0, 0.1) is 16.7 Å². The van der Waals surface area contributed by atoms with Gasteiger partial charge in [0.25, 0.3) is 0 Å². The number of nitrogens with zero attached hydrogens (tertiary/aromatic N) is 1. The zero-order valence-electron chi connectivity index (χ0n) is 12.1. The Balaban J connectivity index is 2.07. The van der Waals surface area contributed by atoms with Crippen LogP contribution in [-0.4, -0.2) is 25.4 Å². The standard InChI is InChI=1S/C17H14ClNO3S/c18-13-6-8-14(9-7-13)23(21,22)16-15(17(16,10-19)11-20)12-4-2-1-3-5-12/h1-9,15-16,20H,11H2/t15-,16+,17+/m1/s1. The van der Waals surface area contributed by atoms with Crippen LogP contribution in [-0.2, 0) is 9.84 Å². The van der Waals surface area contributed by atoms with Crippen LogP contribution in [0.2, 0.25) is 5.02 Å². The van der Waals surface area contributed by atoms with Crippen LogP contribution >= 0.6 is 11.6 Å². The van der Waals surface area contributed by atoms with E-state index in [2.05, 4.69) is 0 Å². The van der Waals surface area contributed by atoms with Crippen molar-refractivity contribution in [3.8, 4) is 6.07 Å². The van der Waals surface area contributed by atoms with Crippen molar-refractivity contribution in [1.29, 1.82) is 5.26 Å². The predicted octanol–water partition coefficient (Wildman–Crippen LogP) is 2.78. The van der Waals surface area contributed by atoms with Gasteiger partial charge in [0.15, 0.2) is 9.84 Å². The lowest BCUT2D eigenvalue weighted by molar-refractivity contribution is 0.242. The van der Waals surface area contributed by atoms with E-state index in [4.69, 9.17) is 11.6 Å². The highest BCUT2D eigenvalue weighted by atomic mass is 35.5. The van der Waals surface area contributed by atoms with Crippen LogP contribution in [0.3, 0.4) is 0 Å². The van der Waals surface area contributed by atoms with Gasteiger partial charge in [-0.2, -0.15) is 5.26 Å². The number of nitriles is 1. The first kappa shape index (κ1) is 16.0. The Bertz CT molecular complexity index is 859. The molecular weight excluding hydrogens is 334 g/mol. The van der Waals surface area contributed by atoms with E-state index in [0.29, 0.717) is 5.02 Å². The van der Waals surface area contributed by atoms with Crippen LogP contribution < -0.4 is 0 Å². The molecule has 1 saturated carbocycles. The van der Waals surface area contributed by atoms with Gasteiger partial charge in [-0.05, 0) is 29.8 Å². The Hall–Kier alpha value is -1.87. The quantitative estimate of drug-likeness (QED) is 0.922. The van der Waals surface area contributed by atoms with Crippen molar-refractivity contribution >= 4 is 21.4 Å². The summed E-state index contributed by atoms with van der Waals surface area (Å²) in [6.07, 6.45) is 0. The third-order valence-corrected chi connectivity index (χ3v) is 6.90. The number of aliphatic hydroxyl groups excluding tert-OH is 1. The van der Waals surface area contributed by atoms with Crippen molar-refractivity contribution in [2.45, 2.75) is 16.1 Å². The van der Waals surface area contributed by atoms with Gasteiger partial charge in [0.1, 0.15) is 5.41 Å².